The Bertz CT molecular complexity index is 709. The first-order chi connectivity index (χ1) is 11.7. The molecule has 0 aromatic carbocycles. The number of amides is 1. The highest BCUT2D eigenvalue weighted by Gasteiger charge is 2.43. The standard InChI is InChI=1S/C19H24N2O2S/c1-15-17(5-10-23-15)18(22)21-9-7-19(14-21)6-3-8-20(13-19)12-16-4-2-11-24-16/h2,4-5,10-11H,3,6-9,12-14H2,1H3. The highest BCUT2D eigenvalue weighted by molar-refractivity contribution is 7.09. The molecular weight excluding hydrogens is 320 g/mol. The zero-order valence-electron chi connectivity index (χ0n) is 14.2. The molecule has 1 amide bonds. The summed E-state index contributed by atoms with van der Waals surface area (Å²) >= 11 is 1.84. The van der Waals surface area contributed by atoms with Crippen molar-refractivity contribution in [3.05, 3.63) is 46.0 Å². The molecule has 4 nitrogen and oxygen atoms in total. The molecule has 5 heteroatoms. The first kappa shape index (κ1) is 15.9. The predicted molar refractivity (Wildman–Crippen MR) is 95.2 cm³/mol. The van der Waals surface area contributed by atoms with Gasteiger partial charge in [0.1, 0.15) is 5.76 Å². The van der Waals surface area contributed by atoms with Crippen molar-refractivity contribution in [3.63, 3.8) is 0 Å². The maximum absolute atomic E-state index is 12.7. The summed E-state index contributed by atoms with van der Waals surface area (Å²) in [6.45, 7) is 6.96. The van der Waals surface area contributed by atoms with Gasteiger partial charge in [-0.3, -0.25) is 9.69 Å². The van der Waals surface area contributed by atoms with Crippen LogP contribution in [0.3, 0.4) is 0 Å². The summed E-state index contributed by atoms with van der Waals surface area (Å²) in [5, 5.41) is 2.15. The zero-order chi connectivity index (χ0) is 16.6. The van der Waals surface area contributed by atoms with Crippen LogP contribution in [-0.4, -0.2) is 41.9 Å². The fourth-order valence-corrected chi connectivity index (χ4v) is 5.03. The molecule has 2 fully saturated rings. The predicted octanol–water partition coefficient (Wildman–Crippen LogP) is 3.78. The highest BCUT2D eigenvalue weighted by Crippen LogP contribution is 2.40. The number of hydrogen-bond acceptors (Lipinski definition) is 4. The van der Waals surface area contributed by atoms with E-state index in [2.05, 4.69) is 22.4 Å². The lowest BCUT2D eigenvalue weighted by Gasteiger charge is -2.40. The van der Waals surface area contributed by atoms with E-state index in [4.69, 9.17) is 4.42 Å². The van der Waals surface area contributed by atoms with Gasteiger partial charge in [-0.1, -0.05) is 6.07 Å². The van der Waals surface area contributed by atoms with E-state index in [1.807, 2.05) is 23.2 Å². The van der Waals surface area contributed by atoms with Gasteiger partial charge in [-0.25, -0.2) is 0 Å². The Kier molecular flexibility index (Phi) is 4.22. The number of likely N-dealkylation sites (tertiary alicyclic amines) is 2. The van der Waals surface area contributed by atoms with Gasteiger partial charge in [-0.15, -0.1) is 11.3 Å². The Hall–Kier alpha value is -1.59. The Morgan fingerprint density at radius 3 is 2.96 bits per heavy atom. The molecule has 2 aromatic heterocycles. The second-order valence-electron chi connectivity index (χ2n) is 7.26. The van der Waals surface area contributed by atoms with E-state index >= 15 is 0 Å². The van der Waals surface area contributed by atoms with Gasteiger partial charge >= 0.3 is 0 Å². The van der Waals surface area contributed by atoms with Gasteiger partial charge in [0.05, 0.1) is 11.8 Å². The van der Waals surface area contributed by atoms with Crippen molar-refractivity contribution in [1.29, 1.82) is 0 Å². The number of aryl methyl sites for hydroxylation is 1. The van der Waals surface area contributed by atoms with Crippen LogP contribution in [0.1, 0.15) is 40.3 Å². The molecule has 2 aliphatic heterocycles. The van der Waals surface area contributed by atoms with Crippen LogP contribution in [0.15, 0.2) is 34.3 Å². The Labute approximate surface area is 147 Å². The van der Waals surface area contributed by atoms with Crippen LogP contribution in [0.5, 0.6) is 0 Å². The quantitative estimate of drug-likeness (QED) is 0.850. The number of hydrogen-bond donors (Lipinski definition) is 0. The molecule has 0 aliphatic carbocycles. The summed E-state index contributed by atoms with van der Waals surface area (Å²) < 4.78 is 5.30. The number of carbonyl (C=O) groups is 1. The minimum absolute atomic E-state index is 0.133. The van der Waals surface area contributed by atoms with Gasteiger partial charge in [0.2, 0.25) is 0 Å². The first-order valence-corrected chi connectivity index (χ1v) is 9.61. The minimum atomic E-state index is 0.133. The summed E-state index contributed by atoms with van der Waals surface area (Å²) in [5.74, 6) is 0.859. The molecule has 0 N–H and O–H groups in total. The number of carbonyl (C=O) groups excluding carboxylic acids is 1. The van der Waals surface area contributed by atoms with Gasteiger partial charge in [0.25, 0.3) is 5.91 Å². The number of piperidine rings is 1. The molecule has 24 heavy (non-hydrogen) atoms. The van der Waals surface area contributed by atoms with Crippen molar-refractivity contribution >= 4 is 17.2 Å². The maximum Gasteiger partial charge on any atom is 0.257 e. The molecule has 1 unspecified atom stereocenters. The topological polar surface area (TPSA) is 36.7 Å². The molecule has 2 aromatic rings. The summed E-state index contributed by atoms with van der Waals surface area (Å²) in [6, 6.07) is 6.15. The molecule has 1 spiro atoms. The normalized spacial score (nSPS) is 24.8. The smallest absolute Gasteiger partial charge is 0.257 e. The Balaban J connectivity index is 1.43. The zero-order valence-corrected chi connectivity index (χ0v) is 15.0. The first-order valence-electron chi connectivity index (χ1n) is 8.73. The largest absolute Gasteiger partial charge is 0.469 e. The van der Waals surface area contributed by atoms with Gasteiger partial charge in [-0.2, -0.15) is 0 Å². The van der Waals surface area contributed by atoms with Crippen LogP contribution >= 0.6 is 11.3 Å². The van der Waals surface area contributed by atoms with Crippen LogP contribution in [0.4, 0.5) is 0 Å². The Morgan fingerprint density at radius 1 is 1.29 bits per heavy atom. The van der Waals surface area contributed by atoms with E-state index in [-0.39, 0.29) is 11.3 Å². The molecule has 0 saturated carbocycles. The van der Waals surface area contributed by atoms with E-state index in [1.54, 1.807) is 12.3 Å². The molecule has 2 saturated heterocycles. The van der Waals surface area contributed by atoms with E-state index in [0.29, 0.717) is 0 Å². The average Bonchev–Trinajstić information content (AvgIpc) is 3.29. The number of thiophene rings is 1. The molecule has 0 bridgehead atoms. The lowest BCUT2D eigenvalue weighted by atomic mass is 9.79. The fourth-order valence-electron chi connectivity index (χ4n) is 4.29. The fraction of sp³-hybridized carbons (Fsp3) is 0.526. The monoisotopic (exact) mass is 344 g/mol. The highest BCUT2D eigenvalue weighted by atomic mass is 32.1. The lowest BCUT2D eigenvalue weighted by molar-refractivity contribution is 0.0676. The second kappa shape index (κ2) is 6.37. The summed E-state index contributed by atoms with van der Waals surface area (Å²) in [7, 11) is 0. The van der Waals surface area contributed by atoms with Gasteiger partial charge < -0.3 is 9.32 Å². The van der Waals surface area contributed by atoms with Crippen molar-refractivity contribution in [1.82, 2.24) is 9.80 Å². The van der Waals surface area contributed by atoms with Crippen LogP contribution in [0.25, 0.3) is 0 Å². The van der Waals surface area contributed by atoms with Gasteiger partial charge in [0, 0.05) is 36.5 Å². The summed E-state index contributed by atoms with van der Waals surface area (Å²) in [5.41, 5.74) is 1.00. The molecular formula is C19H24N2O2S. The van der Waals surface area contributed by atoms with E-state index in [9.17, 15) is 4.79 Å². The molecule has 0 radical (unpaired) electrons. The van der Waals surface area contributed by atoms with E-state index in [1.165, 1.54) is 24.3 Å². The third kappa shape index (κ3) is 3.03. The number of furan rings is 1. The summed E-state index contributed by atoms with van der Waals surface area (Å²) in [6.07, 6.45) is 5.20. The third-order valence-electron chi connectivity index (χ3n) is 5.51. The van der Waals surface area contributed by atoms with Crippen LogP contribution in [0.2, 0.25) is 0 Å². The minimum Gasteiger partial charge on any atom is -0.469 e. The van der Waals surface area contributed by atoms with E-state index < -0.39 is 0 Å². The maximum atomic E-state index is 12.7. The van der Waals surface area contributed by atoms with Crippen LogP contribution in [-0.2, 0) is 6.54 Å². The molecule has 2 aliphatic rings. The van der Waals surface area contributed by atoms with E-state index in [0.717, 1.165) is 43.9 Å². The SMILES string of the molecule is Cc1occc1C(=O)N1CCC2(CCCN(Cc3cccs3)C2)C1. The van der Waals surface area contributed by atoms with Gasteiger partial charge in [0.15, 0.2) is 0 Å². The number of rotatable bonds is 3. The van der Waals surface area contributed by atoms with Crippen molar-refractivity contribution in [2.75, 3.05) is 26.2 Å². The number of nitrogens with zero attached hydrogens (tertiary/aromatic N) is 2. The molecule has 4 rings (SSSR count). The third-order valence-corrected chi connectivity index (χ3v) is 6.38. The average molecular weight is 344 g/mol. The van der Waals surface area contributed by atoms with Crippen molar-refractivity contribution < 1.29 is 9.21 Å². The second-order valence-corrected chi connectivity index (χ2v) is 8.29. The summed E-state index contributed by atoms with van der Waals surface area (Å²) in [4.78, 5) is 18.8. The van der Waals surface area contributed by atoms with Crippen molar-refractivity contribution in [3.8, 4) is 0 Å². The van der Waals surface area contributed by atoms with Crippen molar-refractivity contribution in [2.45, 2.75) is 32.7 Å². The van der Waals surface area contributed by atoms with Crippen molar-refractivity contribution in [2.24, 2.45) is 5.41 Å². The Morgan fingerprint density at radius 2 is 2.21 bits per heavy atom. The van der Waals surface area contributed by atoms with Gasteiger partial charge in [-0.05, 0) is 50.2 Å². The van der Waals surface area contributed by atoms with Crippen LogP contribution < -0.4 is 0 Å². The lowest BCUT2D eigenvalue weighted by Crippen LogP contribution is -2.44. The molecule has 4 heterocycles. The molecule has 128 valence electrons. The molecule has 1 atom stereocenters. The van der Waals surface area contributed by atoms with Crippen LogP contribution in [0, 0.1) is 12.3 Å².